The van der Waals surface area contributed by atoms with Gasteiger partial charge in [-0.05, 0) is 51.5 Å². The molecule has 1 amide bonds. The van der Waals surface area contributed by atoms with Gasteiger partial charge in [0.1, 0.15) is 0 Å². The van der Waals surface area contributed by atoms with Gasteiger partial charge in [-0.25, -0.2) is 13.1 Å². The fourth-order valence-electron chi connectivity index (χ4n) is 1.73. The number of sulfonamides is 1. The molecule has 1 aromatic rings. The van der Waals surface area contributed by atoms with Gasteiger partial charge in [0.2, 0.25) is 10.0 Å². The first-order valence-electron chi connectivity index (χ1n) is 7.08. The number of rotatable bonds is 6. The van der Waals surface area contributed by atoms with E-state index in [1.54, 1.807) is 20.8 Å². The van der Waals surface area contributed by atoms with Crippen LogP contribution >= 0.6 is 0 Å². The highest BCUT2D eigenvalue weighted by atomic mass is 32.2. The topological polar surface area (TPSA) is 75.3 Å². The summed E-state index contributed by atoms with van der Waals surface area (Å²) >= 11 is 0. The van der Waals surface area contributed by atoms with Gasteiger partial charge in [0.05, 0.1) is 4.90 Å². The van der Waals surface area contributed by atoms with Crippen LogP contribution < -0.4 is 10.0 Å². The fraction of sp³-hybridized carbons (Fsp3) is 0.533. The average Bonchev–Trinajstić information content (AvgIpc) is 2.36. The van der Waals surface area contributed by atoms with Gasteiger partial charge in [-0.2, -0.15) is 0 Å². The normalized spacial score (nSPS) is 12.2. The summed E-state index contributed by atoms with van der Waals surface area (Å²) in [5.74, 6) is -0.184. The summed E-state index contributed by atoms with van der Waals surface area (Å²) in [5, 5.41) is 2.79. The molecule has 0 bridgehead atoms. The van der Waals surface area contributed by atoms with E-state index in [9.17, 15) is 13.2 Å². The van der Waals surface area contributed by atoms with Crippen molar-refractivity contribution in [3.05, 3.63) is 29.8 Å². The standard InChI is InChI=1S/C15H24N2O3S/c1-5-6-11-16-14(18)12-7-9-13(10-8-12)21(19,20)17-15(2,3)4/h7-10,17H,5-6,11H2,1-4H3,(H,16,18). The van der Waals surface area contributed by atoms with Gasteiger partial charge >= 0.3 is 0 Å². The molecule has 0 atom stereocenters. The SMILES string of the molecule is CCCCNC(=O)c1ccc(S(=O)(=O)NC(C)(C)C)cc1. The molecular formula is C15H24N2O3S. The molecule has 0 saturated heterocycles. The van der Waals surface area contributed by atoms with Crippen LogP contribution in [0.15, 0.2) is 29.2 Å². The largest absolute Gasteiger partial charge is 0.352 e. The van der Waals surface area contributed by atoms with Crippen LogP contribution in [0.3, 0.4) is 0 Å². The predicted octanol–water partition coefficient (Wildman–Crippen LogP) is 2.29. The first-order chi connectivity index (χ1) is 9.65. The number of nitrogens with one attached hydrogen (secondary N) is 2. The van der Waals surface area contributed by atoms with Crippen molar-refractivity contribution >= 4 is 15.9 Å². The van der Waals surface area contributed by atoms with E-state index in [4.69, 9.17) is 0 Å². The third kappa shape index (κ3) is 5.85. The van der Waals surface area contributed by atoms with Crippen molar-refractivity contribution < 1.29 is 13.2 Å². The fourth-order valence-corrected chi connectivity index (χ4v) is 3.15. The number of benzene rings is 1. The van der Waals surface area contributed by atoms with Crippen LogP contribution in [0.4, 0.5) is 0 Å². The summed E-state index contributed by atoms with van der Waals surface area (Å²) in [7, 11) is -3.56. The quantitative estimate of drug-likeness (QED) is 0.791. The van der Waals surface area contributed by atoms with E-state index in [0.717, 1.165) is 12.8 Å². The van der Waals surface area contributed by atoms with Crippen LogP contribution in [0, 0.1) is 0 Å². The highest BCUT2D eigenvalue weighted by Crippen LogP contribution is 2.13. The summed E-state index contributed by atoms with van der Waals surface area (Å²) in [6.45, 7) is 8.01. The van der Waals surface area contributed by atoms with E-state index in [-0.39, 0.29) is 10.8 Å². The molecule has 0 aliphatic rings. The van der Waals surface area contributed by atoms with E-state index >= 15 is 0 Å². The Bertz CT molecular complexity index is 572. The average molecular weight is 312 g/mol. The molecule has 0 aliphatic heterocycles. The second-order valence-electron chi connectivity index (χ2n) is 5.99. The molecule has 1 rings (SSSR count). The van der Waals surface area contributed by atoms with Gasteiger partial charge in [-0.15, -0.1) is 0 Å². The molecule has 1 aromatic carbocycles. The molecule has 5 nitrogen and oxygen atoms in total. The van der Waals surface area contributed by atoms with E-state index in [2.05, 4.69) is 10.0 Å². The molecule has 0 spiro atoms. The maximum atomic E-state index is 12.1. The summed E-state index contributed by atoms with van der Waals surface area (Å²) in [4.78, 5) is 12.0. The minimum atomic E-state index is -3.56. The van der Waals surface area contributed by atoms with Gasteiger partial charge < -0.3 is 5.32 Å². The zero-order chi connectivity index (χ0) is 16.1. The molecule has 6 heteroatoms. The molecule has 0 radical (unpaired) electrons. The zero-order valence-corrected chi connectivity index (χ0v) is 13.9. The molecule has 21 heavy (non-hydrogen) atoms. The van der Waals surface area contributed by atoms with Crippen LogP contribution in [0.25, 0.3) is 0 Å². The van der Waals surface area contributed by atoms with Gasteiger partial charge in [0, 0.05) is 17.6 Å². The van der Waals surface area contributed by atoms with Gasteiger partial charge in [0.15, 0.2) is 0 Å². The van der Waals surface area contributed by atoms with Crippen LogP contribution in [0.2, 0.25) is 0 Å². The molecule has 0 aliphatic carbocycles. The van der Waals surface area contributed by atoms with Crippen molar-refractivity contribution in [1.82, 2.24) is 10.0 Å². The Balaban J connectivity index is 2.80. The molecule has 2 N–H and O–H groups in total. The number of amides is 1. The van der Waals surface area contributed by atoms with Crippen LogP contribution in [0.5, 0.6) is 0 Å². The summed E-state index contributed by atoms with van der Waals surface area (Å²) < 4.78 is 26.8. The van der Waals surface area contributed by atoms with Crippen LogP contribution in [-0.4, -0.2) is 26.4 Å². The summed E-state index contributed by atoms with van der Waals surface area (Å²) in [5.41, 5.74) is -0.0875. The van der Waals surface area contributed by atoms with Gasteiger partial charge in [0.25, 0.3) is 5.91 Å². The number of hydrogen-bond acceptors (Lipinski definition) is 3. The minimum Gasteiger partial charge on any atom is -0.352 e. The van der Waals surface area contributed by atoms with Crippen molar-refractivity contribution in [3.63, 3.8) is 0 Å². The van der Waals surface area contributed by atoms with E-state index < -0.39 is 15.6 Å². The zero-order valence-electron chi connectivity index (χ0n) is 13.1. The Kier molecular flexibility index (Phi) is 5.92. The third-order valence-electron chi connectivity index (χ3n) is 2.68. The van der Waals surface area contributed by atoms with Gasteiger partial charge in [-0.1, -0.05) is 13.3 Å². The summed E-state index contributed by atoms with van der Waals surface area (Å²) in [6.07, 6.45) is 1.93. The first-order valence-corrected chi connectivity index (χ1v) is 8.56. The smallest absolute Gasteiger partial charge is 0.251 e. The van der Waals surface area contributed by atoms with Crippen molar-refractivity contribution in [2.75, 3.05) is 6.54 Å². The maximum absolute atomic E-state index is 12.1. The molecule has 0 saturated carbocycles. The second kappa shape index (κ2) is 7.04. The Hall–Kier alpha value is -1.40. The van der Waals surface area contributed by atoms with Crippen LogP contribution in [-0.2, 0) is 10.0 Å². The monoisotopic (exact) mass is 312 g/mol. The lowest BCUT2D eigenvalue weighted by Crippen LogP contribution is -2.40. The van der Waals surface area contributed by atoms with Crippen molar-refractivity contribution in [2.45, 2.75) is 51.0 Å². The molecule has 0 unspecified atom stereocenters. The van der Waals surface area contributed by atoms with E-state index in [1.165, 1.54) is 24.3 Å². The Labute approximate surface area is 127 Å². The molecule has 0 heterocycles. The van der Waals surface area contributed by atoms with Crippen molar-refractivity contribution in [3.8, 4) is 0 Å². The van der Waals surface area contributed by atoms with Crippen LogP contribution in [0.1, 0.15) is 50.9 Å². The van der Waals surface area contributed by atoms with Crippen molar-refractivity contribution in [1.29, 1.82) is 0 Å². The Morgan fingerprint density at radius 1 is 1.14 bits per heavy atom. The Morgan fingerprint density at radius 3 is 2.19 bits per heavy atom. The number of carbonyl (C=O) groups is 1. The lowest BCUT2D eigenvalue weighted by molar-refractivity contribution is 0.0953. The molecule has 118 valence electrons. The van der Waals surface area contributed by atoms with E-state index in [1.807, 2.05) is 6.92 Å². The second-order valence-corrected chi connectivity index (χ2v) is 7.67. The predicted molar refractivity (Wildman–Crippen MR) is 83.8 cm³/mol. The summed E-state index contributed by atoms with van der Waals surface area (Å²) in [6, 6.07) is 5.95. The first kappa shape index (κ1) is 17.7. The van der Waals surface area contributed by atoms with Crippen molar-refractivity contribution in [2.24, 2.45) is 0 Å². The molecular weight excluding hydrogens is 288 g/mol. The Morgan fingerprint density at radius 2 is 1.71 bits per heavy atom. The number of hydrogen-bond donors (Lipinski definition) is 2. The maximum Gasteiger partial charge on any atom is 0.251 e. The van der Waals surface area contributed by atoms with E-state index in [0.29, 0.717) is 12.1 Å². The number of carbonyl (C=O) groups excluding carboxylic acids is 1. The number of unbranched alkanes of at least 4 members (excludes halogenated alkanes) is 1. The third-order valence-corrected chi connectivity index (χ3v) is 4.46. The molecule has 0 aromatic heterocycles. The highest BCUT2D eigenvalue weighted by molar-refractivity contribution is 7.89. The molecule has 0 fully saturated rings. The van der Waals surface area contributed by atoms with Gasteiger partial charge in [-0.3, -0.25) is 4.79 Å². The highest BCUT2D eigenvalue weighted by Gasteiger charge is 2.22. The lowest BCUT2D eigenvalue weighted by atomic mass is 10.1. The lowest BCUT2D eigenvalue weighted by Gasteiger charge is -2.20. The minimum absolute atomic E-state index is 0.155.